The molecule has 8 heteroatoms. The lowest BCUT2D eigenvalue weighted by Gasteiger charge is -2.07. The monoisotopic (exact) mass is 383 g/mol. The highest BCUT2D eigenvalue weighted by Crippen LogP contribution is 2.31. The Labute approximate surface area is 157 Å². The van der Waals surface area contributed by atoms with Crippen LogP contribution in [0.15, 0.2) is 47.3 Å². The summed E-state index contributed by atoms with van der Waals surface area (Å²) in [7, 11) is 3.10. The fourth-order valence-electron chi connectivity index (χ4n) is 2.68. The van der Waals surface area contributed by atoms with Crippen molar-refractivity contribution >= 4 is 22.4 Å². The van der Waals surface area contributed by atoms with Gasteiger partial charge in [-0.3, -0.25) is 4.79 Å². The number of fused-ring (bicyclic) bond motifs is 1. The first-order chi connectivity index (χ1) is 13.1. The lowest BCUT2D eigenvalue weighted by molar-refractivity contribution is 0.355. The second-order valence-corrected chi connectivity index (χ2v) is 6.68. The van der Waals surface area contributed by atoms with Crippen molar-refractivity contribution in [2.24, 2.45) is 0 Å². The number of rotatable bonds is 4. The Hall–Kier alpha value is -3.26. The zero-order valence-electron chi connectivity index (χ0n) is 14.5. The second-order valence-electron chi connectivity index (χ2n) is 5.67. The summed E-state index contributed by atoms with van der Waals surface area (Å²) in [5.74, 6) is 1.21. The van der Waals surface area contributed by atoms with Gasteiger partial charge in [0.05, 0.1) is 18.8 Å². The summed E-state index contributed by atoms with van der Waals surface area (Å²) in [4.78, 5) is 17.5. The SMILES string of the molecule is COc1ccc(-c2nc3s/c(=C\c4cccc(F)c4)c(=O)n3n2)cc1OC. The van der Waals surface area contributed by atoms with Gasteiger partial charge in [-0.2, -0.15) is 9.50 Å². The maximum Gasteiger partial charge on any atom is 0.291 e. The van der Waals surface area contributed by atoms with E-state index in [-0.39, 0.29) is 11.4 Å². The van der Waals surface area contributed by atoms with E-state index in [1.807, 2.05) is 0 Å². The first-order valence-corrected chi connectivity index (χ1v) is 8.80. The summed E-state index contributed by atoms with van der Waals surface area (Å²) in [6.45, 7) is 0. The molecule has 0 amide bonds. The largest absolute Gasteiger partial charge is 0.493 e. The van der Waals surface area contributed by atoms with Gasteiger partial charge in [-0.1, -0.05) is 23.5 Å². The molecule has 0 radical (unpaired) electrons. The molecule has 0 N–H and O–H groups in total. The first-order valence-electron chi connectivity index (χ1n) is 7.98. The Morgan fingerprint density at radius 3 is 2.63 bits per heavy atom. The van der Waals surface area contributed by atoms with E-state index in [9.17, 15) is 9.18 Å². The predicted molar refractivity (Wildman–Crippen MR) is 101 cm³/mol. The smallest absolute Gasteiger partial charge is 0.291 e. The molecule has 4 rings (SSSR count). The van der Waals surface area contributed by atoms with Crippen LogP contribution in [0.3, 0.4) is 0 Å². The molecule has 0 fully saturated rings. The van der Waals surface area contributed by atoms with Gasteiger partial charge in [-0.25, -0.2) is 4.39 Å². The van der Waals surface area contributed by atoms with E-state index in [4.69, 9.17) is 9.47 Å². The molecule has 0 spiro atoms. The molecule has 6 nitrogen and oxygen atoms in total. The third-order valence-corrected chi connectivity index (χ3v) is 4.93. The van der Waals surface area contributed by atoms with E-state index < -0.39 is 0 Å². The fraction of sp³-hybridized carbons (Fsp3) is 0.105. The van der Waals surface area contributed by atoms with Crippen LogP contribution in [-0.4, -0.2) is 28.8 Å². The van der Waals surface area contributed by atoms with Crippen molar-refractivity contribution < 1.29 is 13.9 Å². The highest BCUT2D eigenvalue weighted by molar-refractivity contribution is 7.15. The summed E-state index contributed by atoms with van der Waals surface area (Å²) in [5, 5.41) is 4.31. The minimum Gasteiger partial charge on any atom is -0.493 e. The Morgan fingerprint density at radius 1 is 1.11 bits per heavy atom. The average molecular weight is 383 g/mol. The van der Waals surface area contributed by atoms with Crippen molar-refractivity contribution in [3.63, 3.8) is 0 Å². The lowest BCUT2D eigenvalue weighted by atomic mass is 10.2. The molecule has 0 aliphatic rings. The summed E-state index contributed by atoms with van der Waals surface area (Å²) in [5.41, 5.74) is 1.02. The maximum atomic E-state index is 13.3. The number of aromatic nitrogens is 3. The average Bonchev–Trinajstić information content (AvgIpc) is 3.21. The minimum absolute atomic E-state index is 0.293. The van der Waals surface area contributed by atoms with E-state index >= 15 is 0 Å². The molecule has 0 saturated heterocycles. The molecule has 2 heterocycles. The minimum atomic E-state index is -0.355. The quantitative estimate of drug-likeness (QED) is 0.542. The third-order valence-electron chi connectivity index (χ3n) is 3.97. The number of benzene rings is 2. The Balaban J connectivity index is 1.78. The van der Waals surface area contributed by atoms with E-state index in [1.165, 1.54) is 28.0 Å². The highest BCUT2D eigenvalue weighted by atomic mass is 32.1. The van der Waals surface area contributed by atoms with Crippen LogP contribution < -0.4 is 19.6 Å². The van der Waals surface area contributed by atoms with E-state index in [0.29, 0.717) is 37.9 Å². The molecule has 0 bridgehead atoms. The van der Waals surface area contributed by atoms with Gasteiger partial charge in [-0.15, -0.1) is 5.10 Å². The number of methoxy groups -OCH3 is 2. The van der Waals surface area contributed by atoms with Crippen LogP contribution in [0, 0.1) is 5.82 Å². The van der Waals surface area contributed by atoms with Crippen LogP contribution in [0.5, 0.6) is 11.5 Å². The van der Waals surface area contributed by atoms with Gasteiger partial charge in [0.25, 0.3) is 5.56 Å². The molecule has 2 aromatic heterocycles. The summed E-state index contributed by atoms with van der Waals surface area (Å²) < 4.78 is 25.5. The molecule has 0 unspecified atom stereocenters. The van der Waals surface area contributed by atoms with Crippen LogP contribution in [0.2, 0.25) is 0 Å². The van der Waals surface area contributed by atoms with Gasteiger partial charge in [0.15, 0.2) is 17.3 Å². The van der Waals surface area contributed by atoms with Crippen molar-refractivity contribution in [3.8, 4) is 22.9 Å². The normalized spacial score (nSPS) is 11.9. The van der Waals surface area contributed by atoms with Gasteiger partial charge in [0.1, 0.15) is 5.82 Å². The highest BCUT2D eigenvalue weighted by Gasteiger charge is 2.14. The summed E-state index contributed by atoms with van der Waals surface area (Å²) >= 11 is 1.20. The van der Waals surface area contributed by atoms with Crippen LogP contribution in [0.25, 0.3) is 22.4 Å². The Bertz CT molecular complexity index is 1250. The maximum absolute atomic E-state index is 13.3. The van der Waals surface area contributed by atoms with Gasteiger partial charge in [0, 0.05) is 5.56 Å². The van der Waals surface area contributed by atoms with Crippen LogP contribution in [0.4, 0.5) is 4.39 Å². The standard InChI is InChI=1S/C19H14FN3O3S/c1-25-14-7-6-12(10-15(14)26-2)17-21-19-23(22-17)18(24)16(27-19)9-11-4-3-5-13(20)8-11/h3-10H,1-2H3/b16-9-. The molecule has 0 atom stereocenters. The first kappa shape index (κ1) is 17.2. The molecule has 0 aliphatic carbocycles. The lowest BCUT2D eigenvalue weighted by Crippen LogP contribution is -2.23. The van der Waals surface area contributed by atoms with Crippen LogP contribution in [0.1, 0.15) is 5.56 Å². The van der Waals surface area contributed by atoms with Crippen molar-refractivity contribution in [2.75, 3.05) is 14.2 Å². The summed E-state index contributed by atoms with van der Waals surface area (Å²) in [6, 6.07) is 11.3. The summed E-state index contributed by atoms with van der Waals surface area (Å²) in [6.07, 6.45) is 1.63. The number of hydrogen-bond donors (Lipinski definition) is 0. The molecule has 4 aromatic rings. The topological polar surface area (TPSA) is 65.7 Å². The Morgan fingerprint density at radius 2 is 1.93 bits per heavy atom. The van der Waals surface area contributed by atoms with Crippen LogP contribution in [-0.2, 0) is 0 Å². The van der Waals surface area contributed by atoms with Crippen molar-refractivity contribution in [2.45, 2.75) is 0 Å². The van der Waals surface area contributed by atoms with Gasteiger partial charge in [-0.05, 0) is 42.0 Å². The zero-order valence-corrected chi connectivity index (χ0v) is 15.3. The second kappa shape index (κ2) is 6.81. The van der Waals surface area contributed by atoms with E-state index in [1.54, 1.807) is 50.6 Å². The van der Waals surface area contributed by atoms with Crippen molar-refractivity contribution in [3.05, 3.63) is 68.7 Å². The van der Waals surface area contributed by atoms with Gasteiger partial charge < -0.3 is 9.47 Å². The molecule has 2 aromatic carbocycles. The third kappa shape index (κ3) is 3.15. The molecular formula is C19H14FN3O3S. The number of nitrogens with zero attached hydrogens (tertiary/aromatic N) is 3. The zero-order chi connectivity index (χ0) is 19.0. The Kier molecular flexibility index (Phi) is 4.33. The molecule has 27 heavy (non-hydrogen) atoms. The number of hydrogen-bond acceptors (Lipinski definition) is 6. The molecule has 0 saturated carbocycles. The van der Waals surface area contributed by atoms with Crippen LogP contribution >= 0.6 is 11.3 Å². The van der Waals surface area contributed by atoms with E-state index in [2.05, 4.69) is 10.1 Å². The molecule has 136 valence electrons. The molecular weight excluding hydrogens is 369 g/mol. The predicted octanol–water partition coefficient (Wildman–Crippen LogP) is 2.52. The molecule has 0 aliphatic heterocycles. The number of halogens is 1. The number of thiazole rings is 1. The number of ether oxygens (including phenoxy) is 2. The fourth-order valence-corrected chi connectivity index (χ4v) is 3.59. The van der Waals surface area contributed by atoms with Crippen molar-refractivity contribution in [1.82, 2.24) is 14.6 Å². The van der Waals surface area contributed by atoms with Crippen molar-refractivity contribution in [1.29, 1.82) is 0 Å². The van der Waals surface area contributed by atoms with E-state index in [0.717, 1.165) is 0 Å². The van der Waals surface area contributed by atoms with Gasteiger partial charge >= 0.3 is 0 Å². The van der Waals surface area contributed by atoms with Gasteiger partial charge in [0.2, 0.25) is 4.96 Å².